The quantitative estimate of drug-likeness (QED) is 0.148. The van der Waals surface area contributed by atoms with Crippen LogP contribution < -0.4 is 4.74 Å². The Morgan fingerprint density at radius 1 is 0.818 bits per heavy atom. The van der Waals surface area contributed by atoms with Gasteiger partial charge in [0.15, 0.2) is 0 Å². The first-order valence-electron chi connectivity index (χ1n) is 10.4. The van der Waals surface area contributed by atoms with Crippen molar-refractivity contribution in [2.75, 3.05) is 0 Å². The molecular formula is C29H20FNO2. The minimum atomic E-state index is -0.584. The summed E-state index contributed by atoms with van der Waals surface area (Å²) in [5.74, 6) is -1.12. The van der Waals surface area contributed by atoms with Gasteiger partial charge in [-0.25, -0.2) is 4.39 Å². The topological polar surface area (TPSA) is 50.1 Å². The highest BCUT2D eigenvalue weighted by Crippen LogP contribution is 2.28. The van der Waals surface area contributed by atoms with Crippen molar-refractivity contribution in [1.82, 2.24) is 0 Å². The summed E-state index contributed by atoms with van der Waals surface area (Å²) < 4.78 is 19.9. The van der Waals surface area contributed by atoms with Gasteiger partial charge in [0.05, 0.1) is 11.6 Å². The van der Waals surface area contributed by atoms with E-state index in [0.717, 1.165) is 11.1 Å². The lowest BCUT2D eigenvalue weighted by Gasteiger charge is -2.17. The van der Waals surface area contributed by atoms with Crippen molar-refractivity contribution in [3.8, 4) is 11.8 Å². The second-order valence-electron chi connectivity index (χ2n) is 7.40. The Morgan fingerprint density at radius 2 is 1.42 bits per heavy atom. The van der Waals surface area contributed by atoms with E-state index in [2.05, 4.69) is 0 Å². The van der Waals surface area contributed by atoms with Crippen LogP contribution >= 0.6 is 0 Å². The zero-order valence-corrected chi connectivity index (χ0v) is 17.7. The van der Waals surface area contributed by atoms with E-state index in [9.17, 15) is 14.4 Å². The Morgan fingerprint density at radius 3 is 2.03 bits per heavy atom. The molecule has 0 aliphatic carbocycles. The van der Waals surface area contributed by atoms with Crippen molar-refractivity contribution < 1.29 is 13.9 Å². The number of esters is 1. The number of allylic oxidation sites excluding steroid dienone is 1. The normalized spacial score (nSPS) is 11.1. The molecule has 4 rings (SSSR count). The fourth-order valence-corrected chi connectivity index (χ4v) is 3.62. The van der Waals surface area contributed by atoms with Crippen LogP contribution in [0.2, 0.25) is 0 Å². The van der Waals surface area contributed by atoms with Crippen LogP contribution in [0, 0.1) is 17.1 Å². The van der Waals surface area contributed by atoms with E-state index < -0.39 is 17.7 Å². The first-order chi connectivity index (χ1) is 16.2. The van der Waals surface area contributed by atoms with Gasteiger partial charge in [-0.2, -0.15) is 5.26 Å². The maximum Gasteiger partial charge on any atom is 0.323 e. The van der Waals surface area contributed by atoms with Crippen LogP contribution in [0.3, 0.4) is 0 Å². The third-order valence-electron chi connectivity index (χ3n) is 5.17. The number of halogens is 1. The van der Waals surface area contributed by atoms with E-state index in [0.29, 0.717) is 11.3 Å². The predicted octanol–water partition coefficient (Wildman–Crippen LogP) is 6.63. The molecule has 0 atom stereocenters. The van der Waals surface area contributed by atoms with Crippen LogP contribution in [-0.2, 0) is 4.79 Å². The summed E-state index contributed by atoms with van der Waals surface area (Å²) in [5, 5.41) is 9.53. The average molecular weight is 433 g/mol. The van der Waals surface area contributed by atoms with Gasteiger partial charge in [0, 0.05) is 5.56 Å². The molecule has 0 aliphatic heterocycles. The highest BCUT2D eigenvalue weighted by atomic mass is 19.1. The summed E-state index contributed by atoms with van der Waals surface area (Å²) in [6, 6.07) is 33.9. The molecule has 0 fully saturated rings. The summed E-state index contributed by atoms with van der Waals surface area (Å²) in [4.78, 5) is 13.2. The van der Waals surface area contributed by atoms with Crippen molar-refractivity contribution >= 4 is 17.6 Å². The fourth-order valence-electron chi connectivity index (χ4n) is 3.62. The van der Waals surface area contributed by atoms with Crippen LogP contribution in [0.5, 0.6) is 5.75 Å². The minimum absolute atomic E-state index is 0.183. The van der Waals surface area contributed by atoms with Gasteiger partial charge in [-0.15, -0.1) is 0 Å². The SMILES string of the molecule is N#C/C(=C/c1cccc(OC(=O)C(c2ccccc2)c2ccccc2)c1)c1ccccc1F. The summed E-state index contributed by atoms with van der Waals surface area (Å²) in [5.41, 5.74) is 2.68. The monoisotopic (exact) mass is 433 g/mol. The number of rotatable bonds is 6. The molecule has 0 bridgehead atoms. The van der Waals surface area contributed by atoms with E-state index in [4.69, 9.17) is 4.74 Å². The van der Waals surface area contributed by atoms with E-state index >= 15 is 0 Å². The molecule has 0 heterocycles. The van der Waals surface area contributed by atoms with Crippen molar-refractivity contribution in [3.63, 3.8) is 0 Å². The Balaban J connectivity index is 1.63. The Hall–Kier alpha value is -4.49. The smallest absolute Gasteiger partial charge is 0.323 e. The average Bonchev–Trinajstić information content (AvgIpc) is 2.85. The molecule has 0 radical (unpaired) electrons. The second-order valence-corrected chi connectivity index (χ2v) is 7.40. The van der Waals surface area contributed by atoms with Crippen LogP contribution in [0.25, 0.3) is 11.6 Å². The molecule has 0 saturated carbocycles. The molecule has 160 valence electrons. The van der Waals surface area contributed by atoms with Gasteiger partial charge in [-0.05, 0) is 41.0 Å². The molecule has 33 heavy (non-hydrogen) atoms. The largest absolute Gasteiger partial charge is 0.426 e. The lowest BCUT2D eigenvalue weighted by atomic mass is 9.91. The maximum absolute atomic E-state index is 14.1. The molecular weight excluding hydrogens is 413 g/mol. The molecule has 0 N–H and O–H groups in total. The van der Waals surface area contributed by atoms with Crippen molar-refractivity contribution in [1.29, 1.82) is 5.26 Å². The first-order valence-corrected chi connectivity index (χ1v) is 10.4. The Labute approximate surface area is 192 Å². The molecule has 4 aromatic carbocycles. The number of benzene rings is 4. The highest BCUT2D eigenvalue weighted by Gasteiger charge is 2.24. The van der Waals surface area contributed by atoms with E-state index in [1.165, 1.54) is 6.07 Å². The number of nitrogens with zero attached hydrogens (tertiary/aromatic N) is 1. The van der Waals surface area contributed by atoms with E-state index in [1.807, 2.05) is 66.7 Å². The number of carbonyl (C=O) groups excluding carboxylic acids is 1. The lowest BCUT2D eigenvalue weighted by molar-refractivity contribution is -0.135. The van der Waals surface area contributed by atoms with Crippen molar-refractivity contribution in [3.05, 3.63) is 137 Å². The van der Waals surface area contributed by atoms with E-state index in [1.54, 1.807) is 48.5 Å². The molecule has 0 aromatic heterocycles. The van der Waals surface area contributed by atoms with E-state index in [-0.39, 0.29) is 11.1 Å². The van der Waals surface area contributed by atoms with Gasteiger partial charge in [-0.3, -0.25) is 4.79 Å². The number of carbonyl (C=O) groups is 1. The third-order valence-corrected chi connectivity index (χ3v) is 5.17. The predicted molar refractivity (Wildman–Crippen MR) is 127 cm³/mol. The van der Waals surface area contributed by atoms with Crippen molar-refractivity contribution in [2.24, 2.45) is 0 Å². The van der Waals surface area contributed by atoms with Crippen LogP contribution in [0.15, 0.2) is 109 Å². The minimum Gasteiger partial charge on any atom is -0.426 e. The molecule has 0 saturated heterocycles. The molecule has 0 spiro atoms. The number of nitriles is 1. The fraction of sp³-hybridized carbons (Fsp3) is 0.0345. The number of ether oxygens (including phenoxy) is 1. The zero-order valence-electron chi connectivity index (χ0n) is 17.7. The lowest BCUT2D eigenvalue weighted by Crippen LogP contribution is -2.20. The third kappa shape index (κ3) is 5.23. The van der Waals surface area contributed by atoms with Gasteiger partial charge >= 0.3 is 5.97 Å². The molecule has 4 heteroatoms. The molecule has 3 nitrogen and oxygen atoms in total. The molecule has 0 amide bonds. The van der Waals surface area contributed by atoms with Gasteiger partial charge in [0.1, 0.15) is 17.5 Å². The van der Waals surface area contributed by atoms with Crippen LogP contribution in [0.1, 0.15) is 28.2 Å². The van der Waals surface area contributed by atoms with Crippen LogP contribution in [-0.4, -0.2) is 5.97 Å². The number of hydrogen-bond acceptors (Lipinski definition) is 3. The summed E-state index contributed by atoms with van der Waals surface area (Å²) >= 11 is 0. The maximum atomic E-state index is 14.1. The van der Waals surface area contributed by atoms with Gasteiger partial charge < -0.3 is 4.74 Å². The molecule has 0 unspecified atom stereocenters. The van der Waals surface area contributed by atoms with Gasteiger partial charge in [0.25, 0.3) is 0 Å². The Bertz CT molecular complexity index is 1290. The van der Waals surface area contributed by atoms with Crippen LogP contribution in [0.4, 0.5) is 4.39 Å². The highest BCUT2D eigenvalue weighted by molar-refractivity contribution is 5.90. The second kappa shape index (κ2) is 10.2. The van der Waals surface area contributed by atoms with Gasteiger partial charge in [-0.1, -0.05) is 91.0 Å². The summed E-state index contributed by atoms with van der Waals surface area (Å²) in [6.45, 7) is 0. The van der Waals surface area contributed by atoms with Gasteiger partial charge in [0.2, 0.25) is 0 Å². The zero-order chi connectivity index (χ0) is 23.0. The number of hydrogen-bond donors (Lipinski definition) is 0. The summed E-state index contributed by atoms with van der Waals surface area (Å²) in [6.07, 6.45) is 1.57. The molecule has 0 aliphatic rings. The van der Waals surface area contributed by atoms with Crippen molar-refractivity contribution in [2.45, 2.75) is 5.92 Å². The first kappa shape index (κ1) is 21.7. The molecule has 4 aromatic rings. The Kier molecular flexibility index (Phi) is 6.73. The standard InChI is InChI=1S/C29H20FNO2/c30-27-17-8-7-16-26(27)24(20-31)18-21-10-9-15-25(19-21)33-29(32)28(22-11-3-1-4-12-22)23-13-5-2-6-14-23/h1-19,28H/b24-18-. The summed E-state index contributed by atoms with van der Waals surface area (Å²) in [7, 11) is 0.